The van der Waals surface area contributed by atoms with Crippen LogP contribution < -0.4 is 15.7 Å². The summed E-state index contributed by atoms with van der Waals surface area (Å²) < 4.78 is 17.8. The predicted molar refractivity (Wildman–Crippen MR) is 85.7 cm³/mol. The van der Waals surface area contributed by atoms with Crippen molar-refractivity contribution >= 4 is 29.1 Å². The van der Waals surface area contributed by atoms with Gasteiger partial charge in [-0.2, -0.15) is 5.26 Å². The summed E-state index contributed by atoms with van der Waals surface area (Å²) in [6, 6.07) is 3.44. The third-order valence-electron chi connectivity index (χ3n) is 2.96. The molecule has 1 heterocycles. The van der Waals surface area contributed by atoms with Crippen LogP contribution in [0.1, 0.15) is 11.4 Å². The van der Waals surface area contributed by atoms with Crippen molar-refractivity contribution in [2.24, 2.45) is 4.99 Å². The highest BCUT2D eigenvalue weighted by Crippen LogP contribution is 2.23. The first-order valence-electron chi connectivity index (χ1n) is 6.70. The molecule has 25 heavy (non-hydrogen) atoms. The van der Waals surface area contributed by atoms with Gasteiger partial charge >= 0.3 is 0 Å². The van der Waals surface area contributed by atoms with Gasteiger partial charge in [0, 0.05) is 7.05 Å². The third-order valence-corrected chi connectivity index (χ3v) is 3.25. The fourth-order valence-electron chi connectivity index (χ4n) is 1.75. The summed E-state index contributed by atoms with van der Waals surface area (Å²) in [6.07, 6.45) is 1.61. The average Bonchev–Trinajstić information content (AvgIpc) is 3.08. The molecule has 0 spiro atoms. The number of rotatable bonds is 4. The normalized spacial score (nSPS) is 10.9. The molecule has 2 aromatic rings. The maximum absolute atomic E-state index is 13.2. The van der Waals surface area contributed by atoms with Crippen molar-refractivity contribution in [1.29, 1.82) is 10.7 Å². The molecular formula is C13H12ClFN8O2. The number of anilines is 1. The van der Waals surface area contributed by atoms with E-state index in [1.54, 1.807) is 13.2 Å². The lowest BCUT2D eigenvalue weighted by Gasteiger charge is -2.16. The van der Waals surface area contributed by atoms with E-state index < -0.39 is 11.7 Å². The molecule has 0 fully saturated rings. The Morgan fingerprint density at radius 1 is 1.56 bits per heavy atom. The number of nitrogens with one attached hydrogen (secondary N) is 3. The van der Waals surface area contributed by atoms with Gasteiger partial charge < -0.3 is 10.6 Å². The van der Waals surface area contributed by atoms with Crippen LogP contribution in [0.25, 0.3) is 0 Å². The monoisotopic (exact) mass is 366 g/mol. The van der Waals surface area contributed by atoms with Gasteiger partial charge in [-0.3, -0.25) is 10.6 Å². The first kappa shape index (κ1) is 18.1. The molecule has 0 saturated carbocycles. The number of hydrogen-bond donors (Lipinski definition) is 4. The third kappa shape index (κ3) is 4.19. The molecule has 1 aromatic heterocycles. The second-order valence-electron chi connectivity index (χ2n) is 4.48. The van der Waals surface area contributed by atoms with Gasteiger partial charge in [0.15, 0.2) is 11.5 Å². The van der Waals surface area contributed by atoms with Crippen LogP contribution in [0.2, 0.25) is 5.02 Å². The second-order valence-corrected chi connectivity index (χ2v) is 4.89. The summed E-state index contributed by atoms with van der Waals surface area (Å²) in [6.45, 7) is 0.0145. The Kier molecular flexibility index (Phi) is 5.83. The van der Waals surface area contributed by atoms with E-state index in [2.05, 4.69) is 30.6 Å². The summed E-state index contributed by atoms with van der Waals surface area (Å²) in [5.41, 5.74) is 0.168. The lowest BCUT2D eigenvalue weighted by molar-refractivity contribution is 0.297. The topological polar surface area (TPSA) is 146 Å². The molecule has 0 saturated heterocycles. The van der Waals surface area contributed by atoms with Gasteiger partial charge in [0.05, 0.1) is 17.3 Å². The summed E-state index contributed by atoms with van der Waals surface area (Å²) in [5.74, 6) is -0.951. The van der Waals surface area contributed by atoms with Crippen molar-refractivity contribution in [3.05, 3.63) is 40.4 Å². The summed E-state index contributed by atoms with van der Waals surface area (Å²) in [7, 11) is 1.56. The Morgan fingerprint density at radius 2 is 2.32 bits per heavy atom. The highest BCUT2D eigenvalue weighted by Gasteiger charge is 2.21. The van der Waals surface area contributed by atoms with Gasteiger partial charge in [-0.05, 0) is 23.4 Å². The summed E-state index contributed by atoms with van der Waals surface area (Å²) >= 11 is 5.66. The zero-order chi connectivity index (χ0) is 18.4. The molecule has 2 rings (SSSR count). The fourth-order valence-corrected chi connectivity index (χ4v) is 1.92. The molecule has 0 unspecified atom stereocenters. The minimum atomic E-state index is -0.658. The van der Waals surface area contributed by atoms with Gasteiger partial charge in [-0.1, -0.05) is 16.8 Å². The molecule has 10 nitrogen and oxygen atoms in total. The number of aromatic nitrogens is 2. The second kappa shape index (κ2) is 8.04. The van der Waals surface area contributed by atoms with Crippen LogP contribution in [0.5, 0.6) is 0 Å². The van der Waals surface area contributed by atoms with E-state index in [0.717, 1.165) is 12.1 Å². The van der Waals surface area contributed by atoms with Gasteiger partial charge in [-0.15, -0.1) is 4.99 Å². The van der Waals surface area contributed by atoms with E-state index in [1.807, 2.05) is 0 Å². The van der Waals surface area contributed by atoms with Gasteiger partial charge in [0.25, 0.3) is 0 Å². The first-order chi connectivity index (χ1) is 12.0. The van der Waals surface area contributed by atoms with Crippen LogP contribution in [-0.2, 0) is 6.54 Å². The molecule has 0 radical (unpaired) electrons. The molecule has 12 heteroatoms. The number of guanidine groups is 1. The van der Waals surface area contributed by atoms with Gasteiger partial charge in [-0.25, -0.2) is 14.1 Å². The lowest BCUT2D eigenvalue weighted by atomic mass is 10.2. The van der Waals surface area contributed by atoms with E-state index in [-0.39, 0.29) is 34.6 Å². The zero-order valence-electron chi connectivity index (χ0n) is 12.8. The number of hydrogen-bond acceptors (Lipinski definition) is 7. The van der Waals surface area contributed by atoms with Crippen molar-refractivity contribution in [1.82, 2.24) is 20.9 Å². The van der Waals surface area contributed by atoms with E-state index in [4.69, 9.17) is 22.3 Å². The molecule has 0 amide bonds. The highest BCUT2D eigenvalue weighted by atomic mass is 35.5. The Hall–Kier alpha value is -3.23. The molecule has 4 N–H and O–H groups in total. The maximum Gasteiger partial charge on any atom is 0.209 e. The Labute approximate surface area is 145 Å². The Morgan fingerprint density at radius 3 is 2.96 bits per heavy atom. The number of hydroxylamine groups is 1. The number of amidine groups is 1. The number of nitrogens with zero attached hydrogens (tertiary/aromatic N) is 5. The van der Waals surface area contributed by atoms with E-state index in [1.165, 1.54) is 6.07 Å². The predicted octanol–water partition coefficient (Wildman–Crippen LogP) is 1.23. The van der Waals surface area contributed by atoms with Crippen LogP contribution in [0, 0.1) is 22.7 Å². The Bertz CT molecular complexity index is 847. The zero-order valence-corrected chi connectivity index (χ0v) is 13.5. The number of benzene rings is 1. The molecule has 0 bridgehead atoms. The number of nitriles is 1. The first-order valence-corrected chi connectivity index (χ1v) is 7.08. The number of aliphatic imine (C=N–C) groups is 1. The molecule has 130 valence electrons. The van der Waals surface area contributed by atoms with Gasteiger partial charge in [0.1, 0.15) is 11.5 Å². The standard InChI is InChI=1S/C13H12ClFN8O2/c1-18-13(20-6-16)19-5-10-11(22-25-21-10)12(17)23(24)7-2-3-9(15)8(14)4-7/h2-4,17,24H,5H2,1H3,(H2,18,19,20). The lowest BCUT2D eigenvalue weighted by Crippen LogP contribution is -2.35. The van der Waals surface area contributed by atoms with Crippen molar-refractivity contribution in [3.63, 3.8) is 0 Å². The Balaban J connectivity index is 2.17. The quantitative estimate of drug-likeness (QED) is 0.273. The maximum atomic E-state index is 13.2. The van der Waals surface area contributed by atoms with Crippen LogP contribution in [0.15, 0.2) is 27.8 Å². The van der Waals surface area contributed by atoms with Crippen LogP contribution in [-0.4, -0.2) is 34.4 Å². The van der Waals surface area contributed by atoms with E-state index >= 15 is 0 Å². The van der Waals surface area contributed by atoms with Crippen molar-refractivity contribution in [2.45, 2.75) is 6.54 Å². The van der Waals surface area contributed by atoms with E-state index in [9.17, 15) is 9.60 Å². The molecule has 0 aliphatic rings. The van der Waals surface area contributed by atoms with Crippen LogP contribution in [0.3, 0.4) is 0 Å². The molecule has 0 atom stereocenters. The van der Waals surface area contributed by atoms with E-state index in [0.29, 0.717) is 5.06 Å². The summed E-state index contributed by atoms with van der Waals surface area (Å²) in [5, 5.41) is 39.5. The largest absolute Gasteiger partial charge is 0.359 e. The molecular weight excluding hydrogens is 355 g/mol. The van der Waals surface area contributed by atoms with Crippen molar-refractivity contribution in [3.8, 4) is 6.19 Å². The molecule has 0 aliphatic heterocycles. The minimum Gasteiger partial charge on any atom is -0.359 e. The minimum absolute atomic E-state index is 0.0145. The van der Waals surface area contributed by atoms with Crippen LogP contribution >= 0.6 is 11.6 Å². The van der Waals surface area contributed by atoms with Gasteiger partial charge in [0.2, 0.25) is 12.2 Å². The average molecular weight is 367 g/mol. The SMILES string of the molecule is CN/C(=N\C#N)NCc1nonc1C(=N)N(O)c1ccc(F)c(Cl)c1. The smallest absolute Gasteiger partial charge is 0.209 e. The van der Waals surface area contributed by atoms with Crippen LogP contribution in [0.4, 0.5) is 10.1 Å². The van der Waals surface area contributed by atoms with Crippen molar-refractivity contribution < 1.29 is 14.2 Å². The van der Waals surface area contributed by atoms with Crippen molar-refractivity contribution in [2.75, 3.05) is 12.1 Å². The highest BCUT2D eigenvalue weighted by molar-refractivity contribution is 6.31. The molecule has 1 aromatic carbocycles. The fraction of sp³-hybridized carbons (Fsp3) is 0.154. The molecule has 0 aliphatic carbocycles. The summed E-state index contributed by atoms with van der Waals surface area (Å²) in [4.78, 5) is 3.47. The number of halogens is 2.